The van der Waals surface area contributed by atoms with Crippen LogP contribution in [0.2, 0.25) is 0 Å². The number of hydrogen-bond donors (Lipinski definition) is 1. The van der Waals surface area contributed by atoms with E-state index in [0.717, 1.165) is 22.5 Å². The lowest BCUT2D eigenvalue weighted by Gasteiger charge is -2.16. The van der Waals surface area contributed by atoms with Gasteiger partial charge in [0.2, 0.25) is 0 Å². The highest BCUT2D eigenvalue weighted by molar-refractivity contribution is 5.92. The zero-order valence-electron chi connectivity index (χ0n) is 14.4. The van der Waals surface area contributed by atoms with Crippen LogP contribution >= 0.6 is 0 Å². The van der Waals surface area contributed by atoms with E-state index in [0.29, 0.717) is 11.5 Å². The summed E-state index contributed by atoms with van der Waals surface area (Å²) in [4.78, 5) is 29.6. The van der Waals surface area contributed by atoms with Crippen LogP contribution in [0, 0.1) is 13.8 Å². The normalized spacial score (nSPS) is 11.8. The molecule has 0 saturated carbocycles. The third-order valence-electron chi connectivity index (χ3n) is 3.89. The molecule has 0 saturated heterocycles. The molecule has 1 atom stereocenters. The van der Waals surface area contributed by atoms with Crippen molar-refractivity contribution in [3.8, 4) is 11.4 Å². The number of carbonyl (C=O) groups is 1. The third-order valence-corrected chi connectivity index (χ3v) is 3.89. The topological polar surface area (TPSA) is 80.7 Å². The van der Waals surface area contributed by atoms with Crippen molar-refractivity contribution in [1.29, 1.82) is 0 Å². The number of nitrogens with zero attached hydrogens (tertiary/aromatic N) is 4. The van der Waals surface area contributed by atoms with Gasteiger partial charge >= 0.3 is 0 Å². The lowest BCUT2D eigenvalue weighted by atomic mass is 10.1. The maximum Gasteiger partial charge on any atom is 0.270 e. The van der Waals surface area contributed by atoms with Gasteiger partial charge in [-0.2, -0.15) is 0 Å². The molecule has 0 aliphatic carbocycles. The average molecular weight is 333 g/mol. The Morgan fingerprint density at radius 1 is 1.08 bits per heavy atom. The summed E-state index contributed by atoms with van der Waals surface area (Å²) < 4.78 is 0. The quantitative estimate of drug-likeness (QED) is 0.794. The van der Waals surface area contributed by atoms with Gasteiger partial charge < -0.3 is 5.32 Å². The molecule has 1 unspecified atom stereocenters. The largest absolute Gasteiger partial charge is 0.344 e. The van der Waals surface area contributed by atoms with Crippen LogP contribution in [0.4, 0.5) is 0 Å². The number of rotatable bonds is 4. The van der Waals surface area contributed by atoms with Gasteiger partial charge in [-0.05, 0) is 45.0 Å². The molecular formula is C19H19N5O. The third kappa shape index (κ3) is 3.85. The van der Waals surface area contributed by atoms with Crippen molar-refractivity contribution >= 4 is 5.91 Å². The zero-order chi connectivity index (χ0) is 17.8. The molecule has 3 aromatic rings. The van der Waals surface area contributed by atoms with Gasteiger partial charge in [0.25, 0.3) is 5.91 Å². The van der Waals surface area contributed by atoms with Crippen molar-refractivity contribution in [2.75, 3.05) is 0 Å². The molecule has 0 fully saturated rings. The number of carbonyl (C=O) groups excluding carboxylic acids is 1. The molecular weight excluding hydrogens is 314 g/mol. The van der Waals surface area contributed by atoms with Crippen LogP contribution in [0.5, 0.6) is 0 Å². The fourth-order valence-corrected chi connectivity index (χ4v) is 2.56. The first-order valence-corrected chi connectivity index (χ1v) is 8.03. The molecule has 6 heteroatoms. The first-order chi connectivity index (χ1) is 12.0. The molecule has 0 aliphatic heterocycles. The average Bonchev–Trinajstić information content (AvgIpc) is 2.62. The maximum absolute atomic E-state index is 12.4. The number of hydrogen-bond acceptors (Lipinski definition) is 5. The molecule has 3 rings (SSSR count). The Balaban J connectivity index is 1.78. The summed E-state index contributed by atoms with van der Waals surface area (Å²) in [5.41, 5.74) is 3.82. The molecule has 126 valence electrons. The fraction of sp³-hybridized carbons (Fsp3) is 0.211. The molecule has 0 radical (unpaired) electrons. The summed E-state index contributed by atoms with van der Waals surface area (Å²) in [7, 11) is 0. The summed E-state index contributed by atoms with van der Waals surface area (Å²) >= 11 is 0. The van der Waals surface area contributed by atoms with Crippen LogP contribution < -0.4 is 5.32 Å². The van der Waals surface area contributed by atoms with E-state index in [9.17, 15) is 4.79 Å². The molecule has 3 heterocycles. The Kier molecular flexibility index (Phi) is 4.79. The second-order valence-electron chi connectivity index (χ2n) is 5.83. The molecule has 1 N–H and O–H groups in total. The summed E-state index contributed by atoms with van der Waals surface area (Å²) in [6, 6.07) is 8.88. The van der Waals surface area contributed by atoms with E-state index in [2.05, 4.69) is 25.3 Å². The molecule has 0 aromatic carbocycles. The highest BCUT2D eigenvalue weighted by atomic mass is 16.1. The second-order valence-corrected chi connectivity index (χ2v) is 5.83. The van der Waals surface area contributed by atoms with Crippen molar-refractivity contribution < 1.29 is 4.79 Å². The summed E-state index contributed by atoms with van der Waals surface area (Å²) in [5, 5.41) is 2.95. The van der Waals surface area contributed by atoms with E-state index >= 15 is 0 Å². The number of nitrogens with one attached hydrogen (secondary N) is 1. The van der Waals surface area contributed by atoms with Crippen molar-refractivity contribution in [1.82, 2.24) is 25.3 Å². The molecule has 1 amide bonds. The van der Waals surface area contributed by atoms with E-state index in [1.54, 1.807) is 24.7 Å². The lowest BCUT2D eigenvalue weighted by Crippen LogP contribution is -2.28. The van der Waals surface area contributed by atoms with Crippen molar-refractivity contribution in [2.45, 2.75) is 26.8 Å². The molecule has 0 spiro atoms. The van der Waals surface area contributed by atoms with E-state index in [4.69, 9.17) is 0 Å². The molecule has 6 nitrogen and oxygen atoms in total. The first-order valence-electron chi connectivity index (χ1n) is 8.03. The molecule has 0 aliphatic rings. The molecule has 25 heavy (non-hydrogen) atoms. The van der Waals surface area contributed by atoms with Crippen LogP contribution in [0.3, 0.4) is 0 Å². The van der Waals surface area contributed by atoms with Gasteiger partial charge in [0.15, 0.2) is 5.82 Å². The standard InChI is InChI=1S/C19H19N5O/c1-12-5-4-6-17(22-12)19(25)24-14(3)16-11-21-18(23-13(16)2)15-7-9-20-10-8-15/h4-11,14H,1-3H3,(H,24,25). The minimum absolute atomic E-state index is 0.214. The Bertz CT molecular complexity index is 895. The van der Waals surface area contributed by atoms with Gasteiger partial charge in [0, 0.05) is 41.1 Å². The van der Waals surface area contributed by atoms with Crippen LogP contribution in [0.25, 0.3) is 11.4 Å². The monoisotopic (exact) mass is 333 g/mol. The van der Waals surface area contributed by atoms with Gasteiger partial charge in [0.05, 0.1) is 6.04 Å². The second kappa shape index (κ2) is 7.17. The van der Waals surface area contributed by atoms with E-state index < -0.39 is 0 Å². The van der Waals surface area contributed by atoms with E-state index in [1.165, 1.54) is 0 Å². The van der Waals surface area contributed by atoms with Crippen LogP contribution in [-0.4, -0.2) is 25.8 Å². The van der Waals surface area contributed by atoms with E-state index in [-0.39, 0.29) is 11.9 Å². The number of pyridine rings is 2. The maximum atomic E-state index is 12.4. The number of amides is 1. The fourth-order valence-electron chi connectivity index (χ4n) is 2.56. The lowest BCUT2D eigenvalue weighted by molar-refractivity contribution is 0.0934. The van der Waals surface area contributed by atoms with E-state index in [1.807, 2.05) is 45.0 Å². The number of aryl methyl sites for hydroxylation is 2. The van der Waals surface area contributed by atoms with Crippen molar-refractivity contribution in [3.63, 3.8) is 0 Å². The van der Waals surface area contributed by atoms with Crippen LogP contribution in [-0.2, 0) is 0 Å². The Morgan fingerprint density at radius 3 is 2.52 bits per heavy atom. The Morgan fingerprint density at radius 2 is 1.84 bits per heavy atom. The summed E-state index contributed by atoms with van der Waals surface area (Å²) in [5.74, 6) is 0.427. The highest BCUT2D eigenvalue weighted by Crippen LogP contribution is 2.19. The Hall–Kier alpha value is -3.15. The summed E-state index contributed by atoms with van der Waals surface area (Å²) in [6.45, 7) is 5.68. The van der Waals surface area contributed by atoms with Crippen LogP contribution in [0.15, 0.2) is 48.9 Å². The predicted molar refractivity (Wildman–Crippen MR) is 94.9 cm³/mol. The Labute approximate surface area is 146 Å². The van der Waals surface area contributed by atoms with Crippen molar-refractivity contribution in [2.24, 2.45) is 0 Å². The minimum atomic E-state index is -0.221. The predicted octanol–water partition coefficient (Wildman–Crippen LogP) is 3.04. The smallest absolute Gasteiger partial charge is 0.270 e. The van der Waals surface area contributed by atoms with Gasteiger partial charge in [-0.25, -0.2) is 15.0 Å². The van der Waals surface area contributed by atoms with Gasteiger partial charge in [0.1, 0.15) is 5.69 Å². The zero-order valence-corrected chi connectivity index (χ0v) is 14.4. The van der Waals surface area contributed by atoms with Gasteiger partial charge in [-0.15, -0.1) is 0 Å². The summed E-state index contributed by atoms with van der Waals surface area (Å²) in [6.07, 6.45) is 5.17. The number of aromatic nitrogens is 4. The van der Waals surface area contributed by atoms with Crippen LogP contribution in [0.1, 0.15) is 40.4 Å². The first kappa shape index (κ1) is 16.7. The van der Waals surface area contributed by atoms with Gasteiger partial charge in [-0.1, -0.05) is 6.07 Å². The molecule has 0 bridgehead atoms. The molecule has 3 aromatic heterocycles. The highest BCUT2D eigenvalue weighted by Gasteiger charge is 2.16. The van der Waals surface area contributed by atoms with Crippen molar-refractivity contribution in [3.05, 3.63) is 71.6 Å². The minimum Gasteiger partial charge on any atom is -0.344 e. The van der Waals surface area contributed by atoms with Gasteiger partial charge in [-0.3, -0.25) is 9.78 Å². The SMILES string of the molecule is Cc1cccc(C(=O)NC(C)c2cnc(-c3ccncc3)nc2C)n1.